The van der Waals surface area contributed by atoms with Crippen molar-refractivity contribution in [3.05, 3.63) is 64.2 Å². The Morgan fingerprint density at radius 1 is 1.25 bits per heavy atom. The zero-order chi connectivity index (χ0) is 16.9. The molecule has 4 nitrogen and oxygen atoms in total. The van der Waals surface area contributed by atoms with Crippen molar-refractivity contribution in [2.75, 3.05) is 13.2 Å². The average Bonchev–Trinajstić information content (AvgIpc) is 2.61. The SMILES string of the molecule is Cc1ccc(/C=C/C(=O)NCc2cccc3c2OCCO3)cc1Cl. The maximum atomic E-state index is 12.0. The third-order valence-corrected chi connectivity index (χ3v) is 4.13. The van der Waals surface area contributed by atoms with Gasteiger partial charge in [-0.15, -0.1) is 0 Å². The Morgan fingerprint density at radius 3 is 2.92 bits per heavy atom. The van der Waals surface area contributed by atoms with Gasteiger partial charge in [-0.3, -0.25) is 4.79 Å². The first-order valence-electron chi connectivity index (χ1n) is 7.73. The van der Waals surface area contributed by atoms with Gasteiger partial charge in [-0.25, -0.2) is 0 Å². The van der Waals surface area contributed by atoms with Crippen LogP contribution in [0.25, 0.3) is 6.08 Å². The second kappa shape index (κ2) is 7.41. The molecule has 0 unspecified atom stereocenters. The van der Waals surface area contributed by atoms with E-state index in [1.54, 1.807) is 6.08 Å². The maximum Gasteiger partial charge on any atom is 0.244 e. The second-order valence-electron chi connectivity index (χ2n) is 5.50. The van der Waals surface area contributed by atoms with Crippen LogP contribution in [-0.4, -0.2) is 19.1 Å². The lowest BCUT2D eigenvalue weighted by atomic mass is 10.1. The van der Waals surface area contributed by atoms with Crippen LogP contribution in [0.1, 0.15) is 16.7 Å². The van der Waals surface area contributed by atoms with Gasteiger partial charge < -0.3 is 14.8 Å². The largest absolute Gasteiger partial charge is 0.486 e. The van der Waals surface area contributed by atoms with Gasteiger partial charge in [0, 0.05) is 23.2 Å². The molecule has 2 aromatic carbocycles. The highest BCUT2D eigenvalue weighted by atomic mass is 35.5. The average molecular weight is 344 g/mol. The first kappa shape index (κ1) is 16.4. The number of amides is 1. The van der Waals surface area contributed by atoms with E-state index in [-0.39, 0.29) is 5.91 Å². The number of benzene rings is 2. The lowest BCUT2D eigenvalue weighted by molar-refractivity contribution is -0.116. The van der Waals surface area contributed by atoms with E-state index in [1.165, 1.54) is 6.08 Å². The molecule has 0 spiro atoms. The molecule has 1 amide bonds. The summed E-state index contributed by atoms with van der Waals surface area (Å²) in [7, 11) is 0. The zero-order valence-electron chi connectivity index (χ0n) is 13.3. The van der Waals surface area contributed by atoms with Crippen LogP contribution in [-0.2, 0) is 11.3 Å². The summed E-state index contributed by atoms with van der Waals surface area (Å²) in [6, 6.07) is 11.3. The fraction of sp³-hybridized carbons (Fsp3) is 0.211. The predicted molar refractivity (Wildman–Crippen MR) is 94.5 cm³/mol. The highest BCUT2D eigenvalue weighted by molar-refractivity contribution is 6.31. The highest BCUT2D eigenvalue weighted by Gasteiger charge is 2.15. The number of nitrogens with one attached hydrogen (secondary N) is 1. The quantitative estimate of drug-likeness (QED) is 0.860. The molecule has 0 saturated carbocycles. The van der Waals surface area contributed by atoms with E-state index in [0.29, 0.717) is 30.5 Å². The lowest BCUT2D eigenvalue weighted by Crippen LogP contribution is -2.22. The number of carbonyl (C=O) groups is 1. The standard InChI is InChI=1S/C19H18ClNO3/c1-13-5-6-14(11-16(13)20)7-8-18(22)21-12-15-3-2-4-17-19(15)24-10-9-23-17/h2-8,11H,9-10,12H2,1H3,(H,21,22)/b8-7+. The number of hydrogen-bond acceptors (Lipinski definition) is 3. The van der Waals surface area contributed by atoms with Gasteiger partial charge in [0.25, 0.3) is 0 Å². The van der Waals surface area contributed by atoms with Crippen LogP contribution >= 0.6 is 11.6 Å². The molecule has 0 radical (unpaired) electrons. The summed E-state index contributed by atoms with van der Waals surface area (Å²) >= 11 is 6.08. The number of hydrogen-bond donors (Lipinski definition) is 1. The number of fused-ring (bicyclic) bond motifs is 1. The summed E-state index contributed by atoms with van der Waals surface area (Å²) in [4.78, 5) is 12.0. The van der Waals surface area contributed by atoms with Crippen LogP contribution in [0.2, 0.25) is 5.02 Å². The van der Waals surface area contributed by atoms with Crippen molar-refractivity contribution in [1.29, 1.82) is 0 Å². The molecule has 1 N–H and O–H groups in total. The predicted octanol–water partition coefficient (Wildman–Crippen LogP) is 3.75. The Bertz CT molecular complexity index is 786. The molecule has 0 bridgehead atoms. The molecule has 0 aliphatic carbocycles. The van der Waals surface area contributed by atoms with Crippen molar-refractivity contribution in [1.82, 2.24) is 5.32 Å². The van der Waals surface area contributed by atoms with Crippen LogP contribution in [0.5, 0.6) is 11.5 Å². The third kappa shape index (κ3) is 3.89. The smallest absolute Gasteiger partial charge is 0.244 e. The van der Waals surface area contributed by atoms with Gasteiger partial charge in [0.1, 0.15) is 13.2 Å². The molecule has 124 valence electrons. The van der Waals surface area contributed by atoms with Gasteiger partial charge in [-0.2, -0.15) is 0 Å². The number of rotatable bonds is 4. The van der Waals surface area contributed by atoms with E-state index >= 15 is 0 Å². The van der Waals surface area contributed by atoms with Gasteiger partial charge in [-0.1, -0.05) is 35.9 Å². The fourth-order valence-corrected chi connectivity index (χ4v) is 2.59. The molecule has 2 aromatic rings. The van der Waals surface area contributed by atoms with Crippen molar-refractivity contribution < 1.29 is 14.3 Å². The minimum absolute atomic E-state index is 0.180. The van der Waals surface area contributed by atoms with E-state index in [1.807, 2.05) is 43.3 Å². The summed E-state index contributed by atoms with van der Waals surface area (Å²) in [5.41, 5.74) is 2.79. The van der Waals surface area contributed by atoms with Crippen LogP contribution in [0.15, 0.2) is 42.5 Å². The van der Waals surface area contributed by atoms with E-state index in [9.17, 15) is 4.79 Å². The van der Waals surface area contributed by atoms with Crippen LogP contribution in [0, 0.1) is 6.92 Å². The van der Waals surface area contributed by atoms with Crippen molar-refractivity contribution in [2.24, 2.45) is 0 Å². The van der Waals surface area contributed by atoms with Crippen molar-refractivity contribution >= 4 is 23.6 Å². The summed E-state index contributed by atoms with van der Waals surface area (Å²) in [5, 5.41) is 3.54. The monoisotopic (exact) mass is 343 g/mol. The lowest BCUT2D eigenvalue weighted by Gasteiger charge is -2.20. The molecule has 24 heavy (non-hydrogen) atoms. The van der Waals surface area contributed by atoms with Crippen molar-refractivity contribution in [3.63, 3.8) is 0 Å². The Balaban J connectivity index is 1.61. The number of para-hydroxylation sites is 1. The normalized spacial score (nSPS) is 13.1. The number of ether oxygens (including phenoxy) is 2. The van der Waals surface area contributed by atoms with Crippen LogP contribution in [0.4, 0.5) is 0 Å². The topological polar surface area (TPSA) is 47.6 Å². The summed E-state index contributed by atoms with van der Waals surface area (Å²) in [6.07, 6.45) is 3.23. The van der Waals surface area contributed by atoms with E-state index in [2.05, 4.69) is 5.32 Å². The Hall–Kier alpha value is -2.46. The summed E-state index contributed by atoms with van der Waals surface area (Å²) in [6.45, 7) is 3.38. The van der Waals surface area contributed by atoms with Crippen LogP contribution < -0.4 is 14.8 Å². The fourth-order valence-electron chi connectivity index (χ4n) is 2.40. The van der Waals surface area contributed by atoms with Gasteiger partial charge in [0.05, 0.1) is 0 Å². The van der Waals surface area contributed by atoms with Crippen molar-refractivity contribution in [3.8, 4) is 11.5 Å². The Morgan fingerprint density at radius 2 is 2.08 bits per heavy atom. The van der Waals surface area contributed by atoms with Gasteiger partial charge in [0.2, 0.25) is 5.91 Å². The molecule has 1 aliphatic heterocycles. The second-order valence-corrected chi connectivity index (χ2v) is 5.91. The molecule has 3 rings (SSSR count). The number of carbonyl (C=O) groups excluding carboxylic acids is 1. The van der Waals surface area contributed by atoms with Gasteiger partial charge in [-0.05, 0) is 36.3 Å². The molecular weight excluding hydrogens is 326 g/mol. The number of aryl methyl sites for hydroxylation is 1. The molecule has 1 heterocycles. The molecule has 5 heteroatoms. The molecule has 0 fully saturated rings. The maximum absolute atomic E-state index is 12.0. The van der Waals surface area contributed by atoms with Gasteiger partial charge in [0.15, 0.2) is 11.5 Å². The van der Waals surface area contributed by atoms with E-state index in [4.69, 9.17) is 21.1 Å². The molecule has 0 saturated heterocycles. The minimum atomic E-state index is -0.180. The highest BCUT2D eigenvalue weighted by Crippen LogP contribution is 2.33. The first-order chi connectivity index (χ1) is 11.6. The summed E-state index contributed by atoms with van der Waals surface area (Å²) in [5.74, 6) is 1.25. The number of halogens is 1. The Labute approximate surface area is 146 Å². The van der Waals surface area contributed by atoms with Crippen LogP contribution in [0.3, 0.4) is 0 Å². The first-order valence-corrected chi connectivity index (χ1v) is 8.11. The minimum Gasteiger partial charge on any atom is -0.486 e. The molecular formula is C19H18ClNO3. The molecule has 1 aliphatic rings. The third-order valence-electron chi connectivity index (χ3n) is 3.72. The molecule has 0 atom stereocenters. The summed E-state index contributed by atoms with van der Waals surface area (Å²) < 4.78 is 11.2. The van der Waals surface area contributed by atoms with E-state index < -0.39 is 0 Å². The van der Waals surface area contributed by atoms with Gasteiger partial charge >= 0.3 is 0 Å². The van der Waals surface area contributed by atoms with Crippen molar-refractivity contribution in [2.45, 2.75) is 13.5 Å². The molecule has 0 aromatic heterocycles. The van der Waals surface area contributed by atoms with E-state index in [0.717, 1.165) is 22.4 Å². The zero-order valence-corrected chi connectivity index (χ0v) is 14.1. The Kier molecular flexibility index (Phi) is 5.06.